The zero-order valence-corrected chi connectivity index (χ0v) is 10.4. The van der Waals surface area contributed by atoms with Gasteiger partial charge in [0.2, 0.25) is 0 Å². The molecule has 0 aliphatic heterocycles. The standard InChI is InChI=1S/C14H16FN3/c1-9-13(11-4-6-12(15)7-5-11)18(17-14(9)16)8-10-2-3-10/h4-7,10H,2-3,8H2,1H3,(H2,16,17). The number of hydrogen-bond donors (Lipinski definition) is 1. The van der Waals surface area contributed by atoms with E-state index in [-0.39, 0.29) is 5.82 Å². The molecule has 1 fully saturated rings. The van der Waals surface area contributed by atoms with Crippen LogP contribution in [0.4, 0.5) is 10.2 Å². The summed E-state index contributed by atoms with van der Waals surface area (Å²) in [6.45, 7) is 2.87. The SMILES string of the molecule is Cc1c(N)nn(CC2CC2)c1-c1ccc(F)cc1. The summed E-state index contributed by atoms with van der Waals surface area (Å²) in [5, 5.41) is 4.39. The lowest BCUT2D eigenvalue weighted by atomic mass is 10.1. The van der Waals surface area contributed by atoms with Gasteiger partial charge in [0.1, 0.15) is 11.6 Å². The third-order valence-corrected chi connectivity index (χ3v) is 3.47. The number of rotatable bonds is 3. The van der Waals surface area contributed by atoms with Gasteiger partial charge in [0.05, 0.1) is 5.69 Å². The van der Waals surface area contributed by atoms with Crippen LogP contribution in [0, 0.1) is 18.7 Å². The topological polar surface area (TPSA) is 43.8 Å². The molecule has 0 bridgehead atoms. The lowest BCUT2D eigenvalue weighted by Crippen LogP contribution is -2.04. The van der Waals surface area contributed by atoms with E-state index < -0.39 is 0 Å². The normalized spacial score (nSPS) is 15.0. The largest absolute Gasteiger partial charge is 0.382 e. The summed E-state index contributed by atoms with van der Waals surface area (Å²) in [5.74, 6) is 1.07. The van der Waals surface area contributed by atoms with Crippen molar-refractivity contribution < 1.29 is 4.39 Å². The average molecular weight is 245 g/mol. The van der Waals surface area contributed by atoms with Gasteiger partial charge in [0.25, 0.3) is 0 Å². The fraction of sp³-hybridized carbons (Fsp3) is 0.357. The first kappa shape index (κ1) is 11.3. The number of benzene rings is 1. The molecule has 1 aromatic heterocycles. The van der Waals surface area contributed by atoms with Gasteiger partial charge in [-0.3, -0.25) is 4.68 Å². The van der Waals surface area contributed by atoms with E-state index in [1.165, 1.54) is 25.0 Å². The van der Waals surface area contributed by atoms with Gasteiger partial charge in [0, 0.05) is 17.7 Å². The van der Waals surface area contributed by atoms with Crippen LogP contribution in [0.5, 0.6) is 0 Å². The monoisotopic (exact) mass is 245 g/mol. The Morgan fingerprint density at radius 3 is 2.61 bits per heavy atom. The molecule has 2 aromatic rings. The molecule has 0 spiro atoms. The molecule has 1 aliphatic rings. The van der Waals surface area contributed by atoms with Crippen LogP contribution in [0.1, 0.15) is 18.4 Å². The number of aromatic nitrogens is 2. The minimum Gasteiger partial charge on any atom is -0.382 e. The molecule has 1 saturated carbocycles. The summed E-state index contributed by atoms with van der Waals surface area (Å²) in [7, 11) is 0. The number of anilines is 1. The zero-order valence-electron chi connectivity index (χ0n) is 10.4. The molecule has 2 N–H and O–H groups in total. The van der Waals surface area contributed by atoms with Gasteiger partial charge in [-0.25, -0.2) is 4.39 Å². The maximum absolute atomic E-state index is 13.0. The lowest BCUT2D eigenvalue weighted by Gasteiger charge is -2.07. The summed E-state index contributed by atoms with van der Waals surface area (Å²) in [4.78, 5) is 0. The molecule has 0 saturated heterocycles. The number of nitrogens with zero attached hydrogens (tertiary/aromatic N) is 2. The second-order valence-corrected chi connectivity index (χ2v) is 4.99. The Balaban J connectivity index is 2.05. The first-order valence-corrected chi connectivity index (χ1v) is 6.24. The van der Waals surface area contributed by atoms with E-state index in [0.717, 1.165) is 29.3 Å². The quantitative estimate of drug-likeness (QED) is 0.903. The van der Waals surface area contributed by atoms with Gasteiger partial charge in [-0.15, -0.1) is 0 Å². The highest BCUT2D eigenvalue weighted by atomic mass is 19.1. The van der Waals surface area contributed by atoms with Crippen LogP contribution < -0.4 is 5.73 Å². The second-order valence-electron chi connectivity index (χ2n) is 4.99. The van der Waals surface area contributed by atoms with Crippen molar-refractivity contribution in [2.75, 3.05) is 5.73 Å². The van der Waals surface area contributed by atoms with E-state index in [1.54, 1.807) is 12.1 Å². The molecular weight excluding hydrogens is 229 g/mol. The molecule has 3 rings (SSSR count). The number of nitrogen functional groups attached to an aromatic ring is 1. The van der Waals surface area contributed by atoms with Gasteiger partial charge >= 0.3 is 0 Å². The summed E-state index contributed by atoms with van der Waals surface area (Å²) < 4.78 is 14.9. The van der Waals surface area contributed by atoms with Gasteiger partial charge < -0.3 is 5.73 Å². The van der Waals surface area contributed by atoms with Gasteiger partial charge in [-0.1, -0.05) is 0 Å². The number of nitrogens with two attached hydrogens (primary N) is 1. The van der Waals surface area contributed by atoms with Crippen molar-refractivity contribution in [3.63, 3.8) is 0 Å². The molecular formula is C14H16FN3. The van der Waals surface area contributed by atoms with Gasteiger partial charge in [-0.2, -0.15) is 5.10 Å². The minimum absolute atomic E-state index is 0.224. The summed E-state index contributed by atoms with van der Waals surface area (Å²) in [5.41, 5.74) is 8.86. The molecule has 94 valence electrons. The van der Waals surface area contributed by atoms with Gasteiger partial charge in [-0.05, 0) is 49.9 Å². The highest BCUT2D eigenvalue weighted by Crippen LogP contribution is 2.34. The molecule has 0 radical (unpaired) electrons. The van der Waals surface area contributed by atoms with Crippen molar-refractivity contribution in [1.82, 2.24) is 9.78 Å². The minimum atomic E-state index is -0.224. The van der Waals surface area contributed by atoms with Crippen molar-refractivity contribution in [3.8, 4) is 11.3 Å². The van der Waals surface area contributed by atoms with Crippen molar-refractivity contribution in [3.05, 3.63) is 35.6 Å². The fourth-order valence-electron chi connectivity index (χ4n) is 2.22. The summed E-state index contributed by atoms with van der Waals surface area (Å²) in [6.07, 6.45) is 2.53. The van der Waals surface area contributed by atoms with Crippen molar-refractivity contribution in [1.29, 1.82) is 0 Å². The van der Waals surface area contributed by atoms with E-state index >= 15 is 0 Å². The van der Waals surface area contributed by atoms with E-state index in [9.17, 15) is 4.39 Å². The van der Waals surface area contributed by atoms with E-state index in [0.29, 0.717) is 5.82 Å². The first-order chi connectivity index (χ1) is 8.65. The Morgan fingerprint density at radius 1 is 1.33 bits per heavy atom. The zero-order chi connectivity index (χ0) is 12.7. The van der Waals surface area contributed by atoms with Crippen molar-refractivity contribution >= 4 is 5.82 Å². The third kappa shape index (κ3) is 1.98. The highest BCUT2D eigenvalue weighted by molar-refractivity contribution is 5.68. The molecule has 18 heavy (non-hydrogen) atoms. The molecule has 1 aliphatic carbocycles. The Labute approximate surface area is 105 Å². The number of hydrogen-bond acceptors (Lipinski definition) is 2. The molecule has 0 amide bonds. The van der Waals surface area contributed by atoms with E-state index in [2.05, 4.69) is 5.10 Å². The fourth-order valence-corrected chi connectivity index (χ4v) is 2.22. The van der Waals surface area contributed by atoms with Crippen molar-refractivity contribution in [2.45, 2.75) is 26.3 Å². The molecule has 0 unspecified atom stereocenters. The Kier molecular flexibility index (Phi) is 2.58. The van der Waals surface area contributed by atoms with Crippen LogP contribution in [0.15, 0.2) is 24.3 Å². The Morgan fingerprint density at radius 2 is 2.00 bits per heavy atom. The molecule has 3 nitrogen and oxygen atoms in total. The van der Waals surface area contributed by atoms with Crippen LogP contribution >= 0.6 is 0 Å². The Bertz CT molecular complexity index is 567. The van der Waals surface area contributed by atoms with Crippen LogP contribution in [0.3, 0.4) is 0 Å². The van der Waals surface area contributed by atoms with Crippen LogP contribution in [0.2, 0.25) is 0 Å². The summed E-state index contributed by atoms with van der Waals surface area (Å²) in [6, 6.07) is 6.50. The van der Waals surface area contributed by atoms with E-state index in [4.69, 9.17) is 5.73 Å². The maximum atomic E-state index is 13.0. The smallest absolute Gasteiger partial charge is 0.149 e. The lowest BCUT2D eigenvalue weighted by molar-refractivity contribution is 0.570. The number of halogens is 1. The molecule has 0 atom stereocenters. The van der Waals surface area contributed by atoms with Crippen LogP contribution in [-0.4, -0.2) is 9.78 Å². The second kappa shape index (κ2) is 4.12. The third-order valence-electron chi connectivity index (χ3n) is 3.47. The average Bonchev–Trinajstić information content (AvgIpc) is 3.10. The van der Waals surface area contributed by atoms with Gasteiger partial charge in [0.15, 0.2) is 0 Å². The Hall–Kier alpha value is -1.84. The van der Waals surface area contributed by atoms with Crippen molar-refractivity contribution in [2.24, 2.45) is 5.92 Å². The van der Waals surface area contributed by atoms with Crippen LogP contribution in [-0.2, 0) is 6.54 Å². The summed E-state index contributed by atoms with van der Waals surface area (Å²) >= 11 is 0. The molecule has 1 aromatic carbocycles. The molecule has 1 heterocycles. The predicted octanol–water partition coefficient (Wildman–Crippen LogP) is 2.99. The predicted molar refractivity (Wildman–Crippen MR) is 69.5 cm³/mol. The molecule has 4 heteroatoms. The van der Waals surface area contributed by atoms with E-state index in [1.807, 2.05) is 11.6 Å². The highest BCUT2D eigenvalue weighted by Gasteiger charge is 2.24. The maximum Gasteiger partial charge on any atom is 0.149 e. The van der Waals surface area contributed by atoms with Crippen LogP contribution in [0.25, 0.3) is 11.3 Å². The first-order valence-electron chi connectivity index (χ1n) is 6.24.